The summed E-state index contributed by atoms with van der Waals surface area (Å²) in [7, 11) is 0. The summed E-state index contributed by atoms with van der Waals surface area (Å²) in [4.78, 5) is 0. The molecule has 1 heterocycles. The molecular formula is C17H22N2O2. The van der Waals surface area contributed by atoms with E-state index in [0.717, 1.165) is 11.3 Å². The maximum atomic E-state index is 9.67. The van der Waals surface area contributed by atoms with Crippen LogP contribution in [0.25, 0.3) is 0 Å². The second-order valence-corrected chi connectivity index (χ2v) is 5.77. The number of phenols is 1. The predicted octanol–water partition coefficient (Wildman–Crippen LogP) is 3.98. The normalized spacial score (nSPS) is 16.0. The molecule has 1 aromatic heterocycles. The van der Waals surface area contributed by atoms with Gasteiger partial charge in [0.1, 0.15) is 18.1 Å². The molecule has 0 saturated heterocycles. The van der Waals surface area contributed by atoms with E-state index in [1.165, 1.54) is 32.1 Å². The molecule has 0 spiro atoms. The third kappa shape index (κ3) is 3.20. The summed E-state index contributed by atoms with van der Waals surface area (Å²) in [5.74, 6) is 0.974. The Hall–Kier alpha value is -1.97. The van der Waals surface area contributed by atoms with E-state index in [1.807, 2.05) is 19.1 Å². The Morgan fingerprint density at radius 1 is 1.24 bits per heavy atom. The molecule has 0 amide bonds. The van der Waals surface area contributed by atoms with Gasteiger partial charge in [-0.15, -0.1) is 0 Å². The SMILES string of the molecule is Cc1c(O)cccc1OCc1ccn(C2CCCCC2)n1. The smallest absolute Gasteiger partial charge is 0.132 e. The molecule has 1 fully saturated rings. The first-order chi connectivity index (χ1) is 10.2. The van der Waals surface area contributed by atoms with Crippen molar-refractivity contribution in [3.8, 4) is 11.5 Å². The van der Waals surface area contributed by atoms with Crippen molar-refractivity contribution in [2.24, 2.45) is 0 Å². The highest BCUT2D eigenvalue weighted by Crippen LogP contribution is 2.28. The van der Waals surface area contributed by atoms with Gasteiger partial charge in [0.25, 0.3) is 0 Å². The average Bonchev–Trinajstić information content (AvgIpc) is 2.99. The van der Waals surface area contributed by atoms with Gasteiger partial charge in [0.15, 0.2) is 0 Å². The van der Waals surface area contributed by atoms with Crippen molar-refractivity contribution >= 4 is 0 Å². The minimum absolute atomic E-state index is 0.264. The number of nitrogens with zero attached hydrogens (tertiary/aromatic N) is 2. The van der Waals surface area contributed by atoms with Gasteiger partial charge >= 0.3 is 0 Å². The summed E-state index contributed by atoms with van der Waals surface area (Å²) in [5.41, 5.74) is 1.70. The van der Waals surface area contributed by atoms with Gasteiger partial charge in [-0.25, -0.2) is 0 Å². The zero-order valence-corrected chi connectivity index (χ0v) is 12.5. The quantitative estimate of drug-likeness (QED) is 0.924. The lowest BCUT2D eigenvalue weighted by atomic mass is 9.96. The Morgan fingerprint density at radius 3 is 2.86 bits per heavy atom. The van der Waals surface area contributed by atoms with Crippen LogP contribution in [-0.4, -0.2) is 14.9 Å². The Balaban J connectivity index is 1.63. The molecule has 0 atom stereocenters. The largest absolute Gasteiger partial charge is 0.508 e. The van der Waals surface area contributed by atoms with E-state index in [0.29, 0.717) is 18.4 Å². The zero-order chi connectivity index (χ0) is 14.7. The third-order valence-electron chi connectivity index (χ3n) is 4.24. The van der Waals surface area contributed by atoms with E-state index in [4.69, 9.17) is 4.74 Å². The lowest BCUT2D eigenvalue weighted by molar-refractivity contribution is 0.288. The molecule has 0 bridgehead atoms. The van der Waals surface area contributed by atoms with Crippen molar-refractivity contribution in [2.45, 2.75) is 51.7 Å². The van der Waals surface area contributed by atoms with Gasteiger partial charge in [-0.05, 0) is 38.0 Å². The molecule has 2 aromatic rings. The zero-order valence-electron chi connectivity index (χ0n) is 12.5. The molecule has 21 heavy (non-hydrogen) atoms. The summed E-state index contributed by atoms with van der Waals surface area (Å²) in [5, 5.41) is 14.3. The molecule has 1 N–H and O–H groups in total. The molecule has 0 aliphatic heterocycles. The van der Waals surface area contributed by atoms with Gasteiger partial charge in [0, 0.05) is 11.8 Å². The average molecular weight is 286 g/mol. The van der Waals surface area contributed by atoms with Crippen LogP contribution in [0.5, 0.6) is 11.5 Å². The lowest BCUT2D eigenvalue weighted by Gasteiger charge is -2.21. The van der Waals surface area contributed by atoms with Crippen molar-refractivity contribution in [3.05, 3.63) is 41.7 Å². The van der Waals surface area contributed by atoms with Gasteiger partial charge in [-0.1, -0.05) is 25.3 Å². The first-order valence-corrected chi connectivity index (χ1v) is 7.69. The van der Waals surface area contributed by atoms with Gasteiger partial charge in [-0.2, -0.15) is 5.10 Å². The monoisotopic (exact) mass is 286 g/mol. The molecule has 1 aliphatic carbocycles. The van der Waals surface area contributed by atoms with Crippen molar-refractivity contribution in [1.82, 2.24) is 9.78 Å². The molecule has 0 radical (unpaired) electrons. The van der Waals surface area contributed by atoms with E-state index < -0.39 is 0 Å². The number of benzene rings is 1. The molecule has 4 heteroatoms. The molecule has 4 nitrogen and oxygen atoms in total. The summed E-state index contributed by atoms with van der Waals surface area (Å²) in [6.45, 7) is 2.29. The van der Waals surface area contributed by atoms with Gasteiger partial charge in [0.05, 0.1) is 11.7 Å². The van der Waals surface area contributed by atoms with Crippen molar-refractivity contribution < 1.29 is 9.84 Å². The van der Waals surface area contributed by atoms with Crippen molar-refractivity contribution in [2.75, 3.05) is 0 Å². The summed E-state index contributed by atoms with van der Waals surface area (Å²) >= 11 is 0. The van der Waals surface area contributed by atoms with Crippen LogP contribution in [0.1, 0.15) is 49.4 Å². The van der Waals surface area contributed by atoms with Crippen LogP contribution in [-0.2, 0) is 6.61 Å². The molecular weight excluding hydrogens is 264 g/mol. The highest BCUT2D eigenvalue weighted by molar-refractivity contribution is 5.42. The maximum Gasteiger partial charge on any atom is 0.132 e. The van der Waals surface area contributed by atoms with Crippen molar-refractivity contribution in [3.63, 3.8) is 0 Å². The second kappa shape index (κ2) is 6.20. The minimum Gasteiger partial charge on any atom is -0.508 e. The van der Waals surface area contributed by atoms with Crippen LogP contribution in [0, 0.1) is 6.92 Å². The summed E-state index contributed by atoms with van der Waals surface area (Å²) in [6.07, 6.45) is 8.48. The third-order valence-corrected chi connectivity index (χ3v) is 4.24. The molecule has 3 rings (SSSR count). The Kier molecular flexibility index (Phi) is 4.13. The van der Waals surface area contributed by atoms with Crippen molar-refractivity contribution in [1.29, 1.82) is 0 Å². The van der Waals surface area contributed by atoms with Gasteiger partial charge < -0.3 is 9.84 Å². The van der Waals surface area contributed by atoms with Crippen LogP contribution in [0.4, 0.5) is 0 Å². The van der Waals surface area contributed by atoms with Crippen LogP contribution < -0.4 is 4.74 Å². The van der Waals surface area contributed by atoms with E-state index >= 15 is 0 Å². The number of ether oxygens (including phenoxy) is 1. The molecule has 1 aromatic carbocycles. The minimum atomic E-state index is 0.264. The van der Waals surface area contributed by atoms with E-state index in [9.17, 15) is 5.11 Å². The first kappa shape index (κ1) is 14.0. The van der Waals surface area contributed by atoms with Crippen LogP contribution in [0.15, 0.2) is 30.5 Å². The summed E-state index contributed by atoms with van der Waals surface area (Å²) in [6, 6.07) is 7.90. The highest BCUT2D eigenvalue weighted by atomic mass is 16.5. The summed E-state index contributed by atoms with van der Waals surface area (Å²) < 4.78 is 7.86. The molecule has 1 aliphatic rings. The number of aromatic nitrogens is 2. The second-order valence-electron chi connectivity index (χ2n) is 5.77. The Labute approximate surface area is 125 Å². The standard InChI is InChI=1S/C17H22N2O2/c1-13-16(20)8-5-9-17(13)21-12-14-10-11-19(18-14)15-6-3-2-4-7-15/h5,8-11,15,20H,2-4,6-7,12H2,1H3. The highest BCUT2D eigenvalue weighted by Gasteiger charge is 2.16. The Bertz CT molecular complexity index is 601. The number of hydrogen-bond acceptors (Lipinski definition) is 3. The topological polar surface area (TPSA) is 47.3 Å². The molecule has 0 unspecified atom stereocenters. The van der Waals surface area contributed by atoms with E-state index in [1.54, 1.807) is 12.1 Å². The number of hydrogen-bond donors (Lipinski definition) is 1. The number of aromatic hydroxyl groups is 1. The molecule has 112 valence electrons. The van der Waals surface area contributed by atoms with E-state index in [2.05, 4.69) is 16.0 Å². The first-order valence-electron chi connectivity index (χ1n) is 7.69. The fraction of sp³-hybridized carbons (Fsp3) is 0.471. The lowest BCUT2D eigenvalue weighted by Crippen LogP contribution is -2.13. The fourth-order valence-electron chi connectivity index (χ4n) is 2.91. The predicted molar refractivity (Wildman–Crippen MR) is 81.5 cm³/mol. The van der Waals surface area contributed by atoms with Gasteiger partial charge in [-0.3, -0.25) is 4.68 Å². The van der Waals surface area contributed by atoms with Crippen LogP contribution >= 0.6 is 0 Å². The van der Waals surface area contributed by atoms with Crippen LogP contribution in [0.3, 0.4) is 0 Å². The van der Waals surface area contributed by atoms with E-state index in [-0.39, 0.29) is 5.75 Å². The fourth-order valence-corrected chi connectivity index (χ4v) is 2.91. The Morgan fingerprint density at radius 2 is 2.05 bits per heavy atom. The van der Waals surface area contributed by atoms with Crippen LogP contribution in [0.2, 0.25) is 0 Å². The van der Waals surface area contributed by atoms with Gasteiger partial charge in [0.2, 0.25) is 0 Å². The molecule has 1 saturated carbocycles. The number of phenolic OH excluding ortho intramolecular Hbond substituents is 1. The maximum absolute atomic E-state index is 9.67. The number of rotatable bonds is 4.